The van der Waals surface area contributed by atoms with Gasteiger partial charge >= 0.3 is 0 Å². The van der Waals surface area contributed by atoms with Gasteiger partial charge in [0.25, 0.3) is 0 Å². The Labute approximate surface area is 171 Å². The number of hydrogen-bond donors (Lipinski definition) is 1. The number of amides is 1. The molecule has 4 aromatic rings. The number of imidazole rings is 1. The topological polar surface area (TPSA) is 46.9 Å². The zero-order valence-corrected chi connectivity index (χ0v) is 16.9. The molecule has 29 heavy (non-hydrogen) atoms. The summed E-state index contributed by atoms with van der Waals surface area (Å²) in [6.45, 7) is 4.28. The largest absolute Gasteiger partial charge is 0.324 e. The van der Waals surface area contributed by atoms with Crippen molar-refractivity contribution in [2.45, 2.75) is 33.2 Å². The van der Waals surface area contributed by atoms with Crippen LogP contribution in [0, 0.1) is 13.8 Å². The molecule has 0 saturated heterocycles. The van der Waals surface area contributed by atoms with E-state index < -0.39 is 0 Å². The summed E-state index contributed by atoms with van der Waals surface area (Å²) in [6, 6.07) is 24.5. The van der Waals surface area contributed by atoms with Crippen LogP contribution in [-0.4, -0.2) is 15.5 Å². The number of rotatable bonds is 6. The molecule has 0 aliphatic rings. The van der Waals surface area contributed by atoms with Gasteiger partial charge in [-0.2, -0.15) is 0 Å². The second kappa shape index (κ2) is 8.31. The van der Waals surface area contributed by atoms with Crippen LogP contribution in [0.5, 0.6) is 0 Å². The molecular formula is C25H25N3O. The Balaban J connectivity index is 1.58. The molecule has 4 rings (SSSR count). The zero-order valence-electron chi connectivity index (χ0n) is 16.9. The SMILES string of the molecule is Cc1ccc(C)c(NC(=O)Cn2c(CCc3ccccc3)nc3ccccc32)c1. The van der Waals surface area contributed by atoms with Gasteiger partial charge in [0, 0.05) is 12.1 Å². The number of para-hydroxylation sites is 2. The van der Waals surface area contributed by atoms with E-state index in [0.717, 1.165) is 46.5 Å². The van der Waals surface area contributed by atoms with Gasteiger partial charge in [-0.05, 0) is 55.2 Å². The fourth-order valence-corrected chi connectivity index (χ4v) is 3.60. The van der Waals surface area contributed by atoms with Gasteiger partial charge in [-0.3, -0.25) is 4.79 Å². The van der Waals surface area contributed by atoms with Gasteiger partial charge in [-0.15, -0.1) is 0 Å². The Bertz CT molecular complexity index is 1150. The molecule has 0 bridgehead atoms. The van der Waals surface area contributed by atoms with Gasteiger partial charge in [0.2, 0.25) is 5.91 Å². The van der Waals surface area contributed by atoms with E-state index in [2.05, 4.69) is 35.6 Å². The lowest BCUT2D eigenvalue weighted by atomic mass is 10.1. The highest BCUT2D eigenvalue weighted by molar-refractivity contribution is 5.92. The van der Waals surface area contributed by atoms with Crippen molar-refractivity contribution in [2.75, 3.05) is 5.32 Å². The molecule has 4 heteroatoms. The van der Waals surface area contributed by atoms with Crippen molar-refractivity contribution in [3.63, 3.8) is 0 Å². The molecule has 1 N–H and O–H groups in total. The summed E-state index contributed by atoms with van der Waals surface area (Å²) in [5.74, 6) is 0.897. The molecule has 0 unspecified atom stereocenters. The molecule has 1 aromatic heterocycles. The fourth-order valence-electron chi connectivity index (χ4n) is 3.60. The highest BCUT2D eigenvalue weighted by Crippen LogP contribution is 2.20. The Morgan fingerprint density at radius 2 is 1.69 bits per heavy atom. The summed E-state index contributed by atoms with van der Waals surface area (Å²) < 4.78 is 2.04. The number of aryl methyl sites for hydroxylation is 4. The summed E-state index contributed by atoms with van der Waals surface area (Å²) in [5, 5.41) is 3.07. The monoisotopic (exact) mass is 383 g/mol. The van der Waals surface area contributed by atoms with Crippen LogP contribution in [0.25, 0.3) is 11.0 Å². The van der Waals surface area contributed by atoms with Gasteiger partial charge in [0.1, 0.15) is 12.4 Å². The van der Waals surface area contributed by atoms with Crippen LogP contribution in [0.4, 0.5) is 5.69 Å². The summed E-state index contributed by atoms with van der Waals surface area (Å²) >= 11 is 0. The fraction of sp³-hybridized carbons (Fsp3) is 0.200. The van der Waals surface area contributed by atoms with Gasteiger partial charge in [0.05, 0.1) is 11.0 Å². The third kappa shape index (κ3) is 4.37. The second-order valence-electron chi connectivity index (χ2n) is 7.46. The van der Waals surface area contributed by atoms with E-state index in [1.165, 1.54) is 5.56 Å². The minimum absolute atomic E-state index is 0.0391. The second-order valence-corrected chi connectivity index (χ2v) is 7.46. The maximum absolute atomic E-state index is 12.9. The molecule has 4 nitrogen and oxygen atoms in total. The first kappa shape index (κ1) is 18.9. The number of nitrogens with zero attached hydrogens (tertiary/aromatic N) is 2. The average molecular weight is 383 g/mol. The van der Waals surface area contributed by atoms with Crippen LogP contribution < -0.4 is 5.32 Å². The number of carbonyl (C=O) groups excluding carboxylic acids is 1. The van der Waals surface area contributed by atoms with Crippen molar-refractivity contribution >= 4 is 22.6 Å². The van der Waals surface area contributed by atoms with Crippen LogP contribution in [0.3, 0.4) is 0 Å². The molecule has 0 aliphatic heterocycles. The van der Waals surface area contributed by atoms with Crippen molar-refractivity contribution in [1.29, 1.82) is 0 Å². The number of fused-ring (bicyclic) bond motifs is 1. The quantitative estimate of drug-likeness (QED) is 0.505. The van der Waals surface area contributed by atoms with Gasteiger partial charge in [-0.25, -0.2) is 4.98 Å². The van der Waals surface area contributed by atoms with Crippen molar-refractivity contribution in [3.8, 4) is 0 Å². The molecule has 0 saturated carbocycles. The zero-order chi connectivity index (χ0) is 20.2. The van der Waals surface area contributed by atoms with Crippen LogP contribution in [-0.2, 0) is 24.2 Å². The van der Waals surface area contributed by atoms with E-state index in [0.29, 0.717) is 0 Å². The summed E-state index contributed by atoms with van der Waals surface area (Å²) in [6.07, 6.45) is 1.68. The summed E-state index contributed by atoms with van der Waals surface area (Å²) in [5.41, 5.74) is 6.24. The van der Waals surface area contributed by atoms with Crippen LogP contribution in [0.15, 0.2) is 72.8 Å². The Hall–Kier alpha value is -3.40. The summed E-state index contributed by atoms with van der Waals surface area (Å²) in [7, 11) is 0. The lowest BCUT2D eigenvalue weighted by Crippen LogP contribution is -2.21. The molecule has 1 amide bonds. The van der Waals surface area contributed by atoms with Crippen LogP contribution in [0.1, 0.15) is 22.5 Å². The lowest BCUT2D eigenvalue weighted by molar-refractivity contribution is -0.116. The van der Waals surface area contributed by atoms with Crippen molar-refractivity contribution in [3.05, 3.63) is 95.3 Å². The molecular weight excluding hydrogens is 358 g/mol. The van der Waals surface area contributed by atoms with E-state index in [9.17, 15) is 4.79 Å². The lowest BCUT2D eigenvalue weighted by Gasteiger charge is -2.12. The molecule has 0 radical (unpaired) electrons. The standard InChI is InChI=1S/C25H25N3O/c1-18-12-13-19(2)22(16-18)27-25(29)17-28-23-11-7-6-10-21(23)26-24(28)15-14-20-8-4-3-5-9-20/h3-13,16H,14-15,17H2,1-2H3,(H,27,29). The van der Waals surface area contributed by atoms with E-state index in [-0.39, 0.29) is 12.5 Å². The molecule has 1 heterocycles. The number of aromatic nitrogens is 2. The van der Waals surface area contributed by atoms with Crippen molar-refractivity contribution in [1.82, 2.24) is 9.55 Å². The first-order chi connectivity index (χ1) is 14.1. The van der Waals surface area contributed by atoms with Gasteiger partial charge < -0.3 is 9.88 Å². The number of hydrogen-bond acceptors (Lipinski definition) is 2. The Morgan fingerprint density at radius 3 is 2.52 bits per heavy atom. The normalized spacial score (nSPS) is 11.0. The minimum atomic E-state index is -0.0391. The Kier molecular flexibility index (Phi) is 5.43. The van der Waals surface area contributed by atoms with Gasteiger partial charge in [-0.1, -0.05) is 54.6 Å². The smallest absolute Gasteiger partial charge is 0.244 e. The predicted molar refractivity (Wildman–Crippen MR) is 118 cm³/mol. The summed E-state index contributed by atoms with van der Waals surface area (Å²) in [4.78, 5) is 17.7. The van der Waals surface area contributed by atoms with Crippen LogP contribution in [0.2, 0.25) is 0 Å². The van der Waals surface area contributed by atoms with E-state index in [1.54, 1.807) is 0 Å². The number of benzene rings is 3. The highest BCUT2D eigenvalue weighted by Gasteiger charge is 2.14. The van der Waals surface area contributed by atoms with E-state index in [4.69, 9.17) is 4.98 Å². The van der Waals surface area contributed by atoms with Gasteiger partial charge in [0.15, 0.2) is 0 Å². The molecule has 3 aromatic carbocycles. The molecule has 0 atom stereocenters. The number of nitrogens with one attached hydrogen (secondary N) is 1. The Morgan fingerprint density at radius 1 is 0.931 bits per heavy atom. The number of anilines is 1. The third-order valence-corrected chi connectivity index (χ3v) is 5.18. The first-order valence-electron chi connectivity index (χ1n) is 9.95. The van der Waals surface area contributed by atoms with Crippen molar-refractivity contribution in [2.24, 2.45) is 0 Å². The maximum Gasteiger partial charge on any atom is 0.244 e. The first-order valence-corrected chi connectivity index (χ1v) is 9.95. The average Bonchev–Trinajstić information content (AvgIpc) is 3.07. The van der Waals surface area contributed by atoms with E-state index >= 15 is 0 Å². The third-order valence-electron chi connectivity index (χ3n) is 5.18. The maximum atomic E-state index is 12.9. The molecule has 146 valence electrons. The van der Waals surface area contributed by atoms with Crippen LogP contribution >= 0.6 is 0 Å². The minimum Gasteiger partial charge on any atom is -0.324 e. The molecule has 0 fully saturated rings. The van der Waals surface area contributed by atoms with E-state index in [1.807, 2.05) is 60.9 Å². The highest BCUT2D eigenvalue weighted by atomic mass is 16.1. The predicted octanol–water partition coefficient (Wildman–Crippen LogP) is 5.08. The number of carbonyl (C=O) groups is 1. The molecule has 0 aliphatic carbocycles. The molecule has 0 spiro atoms. The van der Waals surface area contributed by atoms with Crippen molar-refractivity contribution < 1.29 is 4.79 Å².